The molecule has 0 aromatic heterocycles. The molecule has 3 saturated carbocycles. The van der Waals surface area contributed by atoms with Crippen molar-refractivity contribution in [1.29, 1.82) is 0 Å². The van der Waals surface area contributed by atoms with Gasteiger partial charge in [0.2, 0.25) is 0 Å². The monoisotopic (exact) mass is 298 g/mol. The normalized spacial score (nSPS) is 52.7. The van der Waals surface area contributed by atoms with E-state index in [2.05, 4.69) is 39.8 Å². The lowest BCUT2D eigenvalue weighted by atomic mass is 9.49. The highest BCUT2D eigenvalue weighted by molar-refractivity contribution is 5.35. The first-order valence-corrected chi connectivity index (χ1v) is 9.88. The van der Waals surface area contributed by atoms with Crippen LogP contribution in [0.25, 0.3) is 0 Å². The van der Waals surface area contributed by atoms with Crippen molar-refractivity contribution in [2.24, 2.45) is 34.5 Å². The molecule has 0 N–H and O–H groups in total. The Balaban J connectivity index is 1.74. The van der Waals surface area contributed by atoms with Gasteiger partial charge < -0.3 is 0 Å². The van der Waals surface area contributed by atoms with Crippen LogP contribution in [0.2, 0.25) is 0 Å². The Morgan fingerprint density at radius 3 is 2.68 bits per heavy atom. The van der Waals surface area contributed by atoms with Gasteiger partial charge in [-0.05, 0) is 80.0 Å². The maximum Gasteiger partial charge on any atom is -0.00451 e. The fraction of sp³-hybridized carbons (Fsp3) is 0.818. The predicted molar refractivity (Wildman–Crippen MR) is 94.6 cm³/mol. The van der Waals surface area contributed by atoms with E-state index in [1.807, 2.05) is 5.57 Å². The zero-order valence-corrected chi connectivity index (χ0v) is 15.1. The molecule has 0 aromatic carbocycles. The lowest BCUT2D eigenvalue weighted by Crippen LogP contribution is -2.46. The molecule has 2 unspecified atom stereocenters. The number of hydrogen-bond donors (Lipinski definition) is 0. The molecule has 0 aliphatic heterocycles. The molecule has 22 heavy (non-hydrogen) atoms. The van der Waals surface area contributed by atoms with E-state index in [0.29, 0.717) is 10.8 Å². The van der Waals surface area contributed by atoms with E-state index in [1.165, 1.54) is 51.4 Å². The van der Waals surface area contributed by atoms with Gasteiger partial charge in [-0.2, -0.15) is 0 Å². The van der Waals surface area contributed by atoms with Crippen molar-refractivity contribution in [3.63, 3.8) is 0 Å². The van der Waals surface area contributed by atoms with Crippen LogP contribution in [0.15, 0.2) is 23.3 Å². The van der Waals surface area contributed by atoms with Gasteiger partial charge in [0.1, 0.15) is 0 Å². The van der Waals surface area contributed by atoms with Gasteiger partial charge in [-0.15, -0.1) is 0 Å². The van der Waals surface area contributed by atoms with Crippen molar-refractivity contribution in [2.45, 2.75) is 79.1 Å². The Morgan fingerprint density at radius 1 is 1.09 bits per heavy atom. The first-order chi connectivity index (χ1) is 10.5. The maximum atomic E-state index is 2.74. The van der Waals surface area contributed by atoms with Crippen LogP contribution in [-0.2, 0) is 0 Å². The van der Waals surface area contributed by atoms with Crippen LogP contribution in [0.1, 0.15) is 79.1 Å². The van der Waals surface area contributed by atoms with Gasteiger partial charge in [-0.25, -0.2) is 0 Å². The molecule has 0 heterocycles. The molecular weight excluding hydrogens is 264 g/mol. The van der Waals surface area contributed by atoms with Gasteiger partial charge >= 0.3 is 0 Å². The smallest absolute Gasteiger partial charge is 0.00451 e. The van der Waals surface area contributed by atoms with Crippen LogP contribution in [-0.4, -0.2) is 0 Å². The quantitative estimate of drug-likeness (QED) is 0.446. The van der Waals surface area contributed by atoms with Gasteiger partial charge in [0.15, 0.2) is 0 Å². The SMILES string of the molecule is C/C=C1/[C@@H](C)CC2C3CC[C@@H]4CCCC[C@]4(C)C3=CC[C@]12C. The Labute approximate surface area is 137 Å². The Morgan fingerprint density at radius 2 is 1.91 bits per heavy atom. The van der Waals surface area contributed by atoms with E-state index in [-0.39, 0.29) is 0 Å². The summed E-state index contributed by atoms with van der Waals surface area (Å²) < 4.78 is 0. The number of hydrogen-bond acceptors (Lipinski definition) is 0. The highest BCUT2D eigenvalue weighted by Crippen LogP contribution is 2.66. The van der Waals surface area contributed by atoms with E-state index in [1.54, 1.807) is 5.57 Å². The third-order valence-corrected chi connectivity index (χ3v) is 8.44. The van der Waals surface area contributed by atoms with Crippen LogP contribution >= 0.6 is 0 Å². The predicted octanol–water partition coefficient (Wildman–Crippen LogP) is 6.53. The minimum absolute atomic E-state index is 0.472. The minimum atomic E-state index is 0.472. The standard InChI is InChI=1S/C22H34/c1-5-18-15(2)14-20-17-10-9-16-8-6-7-12-21(16,3)19(17)11-13-22(18,20)4/h5,11,15-17,20H,6-10,12-14H2,1-4H3/b18-5-/t15-,16-,17?,20?,21-,22+/m0/s1. The molecular formula is C22H34. The van der Waals surface area contributed by atoms with Crippen molar-refractivity contribution in [3.05, 3.63) is 23.3 Å². The van der Waals surface area contributed by atoms with Crippen LogP contribution in [0.4, 0.5) is 0 Å². The number of allylic oxidation sites excluding steroid dienone is 4. The van der Waals surface area contributed by atoms with Crippen LogP contribution in [0.3, 0.4) is 0 Å². The second kappa shape index (κ2) is 4.99. The van der Waals surface area contributed by atoms with Gasteiger partial charge in [-0.1, -0.05) is 56.9 Å². The summed E-state index contributed by atoms with van der Waals surface area (Å²) in [5.74, 6) is 3.63. The van der Waals surface area contributed by atoms with Gasteiger partial charge in [0.05, 0.1) is 0 Å². The van der Waals surface area contributed by atoms with E-state index in [4.69, 9.17) is 0 Å². The first-order valence-electron chi connectivity index (χ1n) is 9.88. The topological polar surface area (TPSA) is 0 Å². The Hall–Kier alpha value is -0.520. The molecule has 0 radical (unpaired) electrons. The first kappa shape index (κ1) is 15.0. The fourth-order valence-corrected chi connectivity index (χ4v) is 7.37. The fourth-order valence-electron chi connectivity index (χ4n) is 7.37. The molecule has 6 atom stereocenters. The van der Waals surface area contributed by atoms with Gasteiger partial charge in [0.25, 0.3) is 0 Å². The molecule has 4 aliphatic carbocycles. The molecule has 0 aromatic rings. The average molecular weight is 299 g/mol. The van der Waals surface area contributed by atoms with Crippen molar-refractivity contribution in [3.8, 4) is 0 Å². The zero-order chi connectivity index (χ0) is 15.5. The molecule has 122 valence electrons. The highest BCUT2D eigenvalue weighted by Gasteiger charge is 2.56. The second-order valence-electron chi connectivity index (χ2n) is 9.31. The van der Waals surface area contributed by atoms with Crippen molar-refractivity contribution < 1.29 is 0 Å². The Kier molecular flexibility index (Phi) is 3.41. The second-order valence-corrected chi connectivity index (χ2v) is 9.31. The van der Waals surface area contributed by atoms with Crippen molar-refractivity contribution in [1.82, 2.24) is 0 Å². The van der Waals surface area contributed by atoms with E-state index in [0.717, 1.165) is 23.7 Å². The number of rotatable bonds is 0. The molecule has 0 heteroatoms. The summed E-state index contributed by atoms with van der Waals surface area (Å²) in [6, 6.07) is 0. The largest absolute Gasteiger partial charge is 0.0876 e. The molecule has 0 amide bonds. The van der Waals surface area contributed by atoms with Gasteiger partial charge in [-0.3, -0.25) is 0 Å². The summed E-state index contributed by atoms with van der Waals surface area (Å²) >= 11 is 0. The zero-order valence-electron chi connectivity index (χ0n) is 15.1. The van der Waals surface area contributed by atoms with E-state index in [9.17, 15) is 0 Å². The Bertz CT molecular complexity index is 524. The lowest BCUT2D eigenvalue weighted by molar-refractivity contribution is 0.0507. The summed E-state index contributed by atoms with van der Waals surface area (Å²) in [4.78, 5) is 0. The van der Waals surface area contributed by atoms with Crippen LogP contribution in [0.5, 0.6) is 0 Å². The summed E-state index contributed by atoms with van der Waals surface area (Å²) in [5, 5.41) is 0. The minimum Gasteiger partial charge on any atom is -0.0876 e. The molecule has 4 aliphatic rings. The highest BCUT2D eigenvalue weighted by atomic mass is 14.6. The van der Waals surface area contributed by atoms with Crippen molar-refractivity contribution >= 4 is 0 Å². The summed E-state index contributed by atoms with van der Waals surface area (Å²) in [5.41, 5.74) is 4.71. The molecule has 4 rings (SSSR count). The molecule has 0 spiro atoms. The number of fused-ring (bicyclic) bond motifs is 5. The van der Waals surface area contributed by atoms with Gasteiger partial charge in [0, 0.05) is 0 Å². The average Bonchev–Trinajstić information content (AvgIpc) is 2.76. The van der Waals surface area contributed by atoms with Crippen LogP contribution < -0.4 is 0 Å². The maximum absolute atomic E-state index is 2.74. The van der Waals surface area contributed by atoms with Crippen LogP contribution in [0, 0.1) is 34.5 Å². The molecule has 3 fully saturated rings. The summed E-state index contributed by atoms with van der Waals surface area (Å²) in [6.45, 7) is 9.97. The third-order valence-electron chi connectivity index (χ3n) is 8.44. The third kappa shape index (κ3) is 1.82. The molecule has 0 bridgehead atoms. The van der Waals surface area contributed by atoms with E-state index < -0.39 is 0 Å². The van der Waals surface area contributed by atoms with E-state index >= 15 is 0 Å². The summed E-state index contributed by atoms with van der Waals surface area (Å²) in [7, 11) is 0. The lowest BCUT2D eigenvalue weighted by Gasteiger charge is -2.55. The molecule has 0 saturated heterocycles. The molecule has 0 nitrogen and oxygen atoms in total. The summed E-state index contributed by atoms with van der Waals surface area (Å²) in [6.07, 6.45) is 16.9. The van der Waals surface area contributed by atoms with Crippen molar-refractivity contribution in [2.75, 3.05) is 0 Å².